The molecule has 2 N–H and O–H groups in total. The molecule has 1 aromatic heterocycles. The molecule has 0 aliphatic carbocycles. The van der Waals surface area contributed by atoms with Crippen LogP contribution in [-0.4, -0.2) is 18.3 Å². The lowest BCUT2D eigenvalue weighted by atomic mass is 10.3. The Morgan fingerprint density at radius 2 is 2.00 bits per heavy atom. The van der Waals surface area contributed by atoms with Crippen molar-refractivity contribution >= 4 is 15.8 Å². The maximum Gasteiger partial charge on any atom is 0.400 e. The Kier molecular flexibility index (Phi) is 3.33. The monoisotopic (exact) mass is 271 g/mol. The van der Waals surface area contributed by atoms with Crippen LogP contribution in [-0.2, 0) is 10.0 Å². The van der Waals surface area contributed by atoms with Gasteiger partial charge in [-0.3, -0.25) is 0 Å². The smallest absolute Gasteiger partial charge is 0.358 e. The molecule has 0 amide bonds. The van der Waals surface area contributed by atoms with Gasteiger partial charge in [0.25, 0.3) is 0 Å². The largest absolute Gasteiger partial charge is 0.400 e. The Bertz CT molecular complexity index is 574. The Labute approximate surface area is 92.3 Å². The first-order valence-corrected chi connectivity index (χ1v) is 5.35. The standard InChI is InChI=1S/C6H4F3N3O4S/c7-2-1-3(17(10,15)16)4(5(8)9)11-6(2)12(13)14/h1,5H,(H2,10,15,16). The summed E-state index contributed by atoms with van der Waals surface area (Å²) >= 11 is 0. The van der Waals surface area contributed by atoms with Gasteiger partial charge in [0.05, 0.1) is 0 Å². The molecule has 17 heavy (non-hydrogen) atoms. The van der Waals surface area contributed by atoms with Crippen molar-refractivity contribution in [3.8, 4) is 0 Å². The van der Waals surface area contributed by atoms with E-state index in [4.69, 9.17) is 0 Å². The van der Waals surface area contributed by atoms with Gasteiger partial charge in [-0.15, -0.1) is 0 Å². The minimum absolute atomic E-state index is 0.0436. The molecule has 0 bridgehead atoms. The van der Waals surface area contributed by atoms with E-state index in [-0.39, 0.29) is 6.07 Å². The second-order valence-electron chi connectivity index (χ2n) is 2.78. The summed E-state index contributed by atoms with van der Waals surface area (Å²) in [5, 5.41) is 14.8. The average molecular weight is 271 g/mol. The molecule has 11 heteroatoms. The van der Waals surface area contributed by atoms with E-state index < -0.39 is 43.6 Å². The lowest BCUT2D eigenvalue weighted by Gasteiger charge is -2.03. The zero-order valence-electron chi connectivity index (χ0n) is 7.80. The minimum Gasteiger partial charge on any atom is -0.358 e. The molecule has 0 aliphatic heterocycles. The van der Waals surface area contributed by atoms with Crippen molar-refractivity contribution in [3.63, 3.8) is 0 Å². The van der Waals surface area contributed by atoms with E-state index in [0.717, 1.165) is 0 Å². The summed E-state index contributed by atoms with van der Waals surface area (Å²) in [5.74, 6) is -3.16. The number of primary sulfonamides is 1. The Hall–Kier alpha value is -1.75. The van der Waals surface area contributed by atoms with E-state index in [0.29, 0.717) is 0 Å². The Morgan fingerprint density at radius 3 is 2.35 bits per heavy atom. The molecule has 0 aliphatic rings. The highest BCUT2D eigenvalue weighted by molar-refractivity contribution is 7.89. The molecule has 0 atom stereocenters. The van der Waals surface area contributed by atoms with E-state index in [9.17, 15) is 31.7 Å². The Morgan fingerprint density at radius 1 is 1.47 bits per heavy atom. The van der Waals surface area contributed by atoms with Crippen LogP contribution in [0.4, 0.5) is 19.0 Å². The maximum absolute atomic E-state index is 13.0. The summed E-state index contributed by atoms with van der Waals surface area (Å²) in [7, 11) is -4.65. The van der Waals surface area contributed by atoms with Gasteiger partial charge in [0.15, 0.2) is 0 Å². The maximum atomic E-state index is 13.0. The molecule has 0 aromatic carbocycles. The average Bonchev–Trinajstić information content (AvgIpc) is 2.14. The van der Waals surface area contributed by atoms with Gasteiger partial charge in [-0.1, -0.05) is 0 Å². The number of aromatic nitrogens is 1. The number of nitrogens with zero attached hydrogens (tertiary/aromatic N) is 2. The van der Waals surface area contributed by atoms with Crippen molar-refractivity contribution in [2.75, 3.05) is 0 Å². The second kappa shape index (κ2) is 4.25. The highest BCUT2D eigenvalue weighted by Crippen LogP contribution is 2.28. The molecule has 1 heterocycles. The third-order valence-electron chi connectivity index (χ3n) is 1.64. The summed E-state index contributed by atoms with van der Waals surface area (Å²) in [6, 6.07) is 0.0436. The zero-order valence-corrected chi connectivity index (χ0v) is 8.62. The first kappa shape index (κ1) is 13.3. The molecule has 0 saturated carbocycles. The predicted octanol–water partition coefficient (Wildman–Crippen LogP) is 0.714. The van der Waals surface area contributed by atoms with Crippen LogP contribution in [0.2, 0.25) is 0 Å². The third-order valence-corrected chi connectivity index (χ3v) is 2.58. The van der Waals surface area contributed by atoms with Gasteiger partial charge in [-0.2, -0.15) is 4.39 Å². The van der Waals surface area contributed by atoms with E-state index in [1.807, 2.05) is 0 Å². The number of hydrogen-bond acceptors (Lipinski definition) is 5. The first-order valence-electron chi connectivity index (χ1n) is 3.80. The van der Waals surface area contributed by atoms with Crippen molar-refractivity contribution in [1.29, 1.82) is 0 Å². The molecule has 0 unspecified atom stereocenters. The number of pyridine rings is 1. The van der Waals surface area contributed by atoms with Gasteiger partial charge in [0, 0.05) is 6.07 Å². The van der Waals surface area contributed by atoms with E-state index in [2.05, 4.69) is 10.1 Å². The SMILES string of the molecule is NS(=O)(=O)c1cc(F)c([N+](=O)[O-])nc1C(F)F. The lowest BCUT2D eigenvalue weighted by Crippen LogP contribution is -2.17. The van der Waals surface area contributed by atoms with Crippen LogP contribution in [0, 0.1) is 15.9 Å². The fraction of sp³-hybridized carbons (Fsp3) is 0.167. The molecule has 7 nitrogen and oxygen atoms in total. The minimum atomic E-state index is -4.65. The van der Waals surface area contributed by atoms with Crippen LogP contribution in [0.5, 0.6) is 0 Å². The van der Waals surface area contributed by atoms with Gasteiger partial charge in [-0.05, 0) is 9.91 Å². The van der Waals surface area contributed by atoms with Crippen molar-refractivity contribution in [2.45, 2.75) is 11.3 Å². The van der Waals surface area contributed by atoms with Crippen LogP contribution in [0.15, 0.2) is 11.0 Å². The molecular formula is C6H4F3N3O4S. The van der Waals surface area contributed by atoms with Crippen LogP contribution in [0.25, 0.3) is 0 Å². The molecule has 0 fully saturated rings. The van der Waals surface area contributed by atoms with E-state index >= 15 is 0 Å². The van der Waals surface area contributed by atoms with Gasteiger partial charge in [-0.25, -0.2) is 22.3 Å². The van der Waals surface area contributed by atoms with Crippen molar-refractivity contribution in [1.82, 2.24) is 4.98 Å². The van der Waals surface area contributed by atoms with Gasteiger partial charge in [0.1, 0.15) is 4.90 Å². The quantitative estimate of drug-likeness (QED) is 0.642. The molecule has 0 saturated heterocycles. The number of nitrogens with two attached hydrogens (primary N) is 1. The summed E-state index contributed by atoms with van der Waals surface area (Å²) < 4.78 is 59.5. The number of sulfonamides is 1. The van der Waals surface area contributed by atoms with Crippen LogP contribution >= 0.6 is 0 Å². The normalized spacial score (nSPS) is 11.8. The van der Waals surface area contributed by atoms with Gasteiger partial charge < -0.3 is 10.1 Å². The third kappa shape index (κ3) is 2.68. The molecular weight excluding hydrogens is 267 g/mol. The number of rotatable bonds is 3. The zero-order chi connectivity index (χ0) is 13.4. The summed E-state index contributed by atoms with van der Waals surface area (Å²) in [6.07, 6.45) is -3.44. The Balaban J connectivity index is 3.64. The molecule has 1 aromatic rings. The first-order chi connectivity index (χ1) is 7.64. The summed E-state index contributed by atoms with van der Waals surface area (Å²) in [5.41, 5.74) is -1.46. The van der Waals surface area contributed by atoms with Crippen LogP contribution < -0.4 is 5.14 Å². The molecule has 0 radical (unpaired) electrons. The van der Waals surface area contributed by atoms with Crippen LogP contribution in [0.3, 0.4) is 0 Å². The second-order valence-corrected chi connectivity index (χ2v) is 4.31. The van der Waals surface area contributed by atoms with Crippen molar-refractivity contribution in [3.05, 3.63) is 27.7 Å². The lowest BCUT2D eigenvalue weighted by molar-refractivity contribution is -0.392. The molecule has 94 valence electrons. The number of hydrogen-bond donors (Lipinski definition) is 1. The number of nitro groups is 1. The van der Waals surface area contributed by atoms with Gasteiger partial charge in [0.2, 0.25) is 21.5 Å². The predicted molar refractivity (Wildman–Crippen MR) is 47.2 cm³/mol. The number of alkyl halides is 2. The summed E-state index contributed by atoms with van der Waals surface area (Å²) in [4.78, 5) is 10.3. The van der Waals surface area contributed by atoms with Crippen molar-refractivity contribution in [2.24, 2.45) is 5.14 Å². The molecule has 0 spiro atoms. The van der Waals surface area contributed by atoms with Gasteiger partial charge >= 0.3 is 12.2 Å². The fourth-order valence-corrected chi connectivity index (χ4v) is 1.68. The van der Waals surface area contributed by atoms with Crippen molar-refractivity contribution < 1.29 is 26.5 Å². The van der Waals surface area contributed by atoms with E-state index in [1.165, 1.54) is 0 Å². The fourth-order valence-electron chi connectivity index (χ4n) is 0.988. The van der Waals surface area contributed by atoms with E-state index in [1.54, 1.807) is 0 Å². The molecule has 1 rings (SSSR count). The van der Waals surface area contributed by atoms with Crippen LogP contribution in [0.1, 0.15) is 12.1 Å². The topological polar surface area (TPSA) is 116 Å². The highest BCUT2D eigenvalue weighted by atomic mass is 32.2. The number of halogens is 3. The highest BCUT2D eigenvalue weighted by Gasteiger charge is 2.32. The summed E-state index contributed by atoms with van der Waals surface area (Å²) in [6.45, 7) is 0.